The van der Waals surface area contributed by atoms with Gasteiger partial charge in [0.15, 0.2) is 5.13 Å². The van der Waals surface area contributed by atoms with Crippen LogP contribution < -0.4 is 9.80 Å². The van der Waals surface area contributed by atoms with E-state index in [9.17, 15) is 9.59 Å². The fourth-order valence-corrected chi connectivity index (χ4v) is 5.12. The Hall–Kier alpha value is -2.93. The number of fused-ring (bicyclic) bond motifs is 1. The molecule has 3 aromatic rings. The monoisotopic (exact) mass is 406 g/mol. The van der Waals surface area contributed by atoms with Crippen molar-refractivity contribution in [1.29, 1.82) is 0 Å². The Bertz CT molecular complexity index is 1010. The first-order valence-corrected chi connectivity index (χ1v) is 10.8. The van der Waals surface area contributed by atoms with Gasteiger partial charge in [0.25, 0.3) is 0 Å². The minimum absolute atomic E-state index is 0.0302. The Labute approximate surface area is 173 Å². The van der Waals surface area contributed by atoms with Crippen molar-refractivity contribution >= 4 is 44.2 Å². The summed E-state index contributed by atoms with van der Waals surface area (Å²) in [4.78, 5) is 36.4. The summed E-state index contributed by atoms with van der Waals surface area (Å²) in [7, 11) is 0. The maximum absolute atomic E-state index is 13.0. The minimum Gasteiger partial charge on any atom is -0.345 e. The van der Waals surface area contributed by atoms with Crippen molar-refractivity contribution < 1.29 is 9.59 Å². The lowest BCUT2D eigenvalue weighted by atomic mass is 10.1. The summed E-state index contributed by atoms with van der Waals surface area (Å²) in [6.45, 7) is 3.35. The van der Waals surface area contributed by atoms with Crippen LogP contribution >= 0.6 is 11.3 Å². The molecule has 6 nitrogen and oxygen atoms in total. The largest absolute Gasteiger partial charge is 0.345 e. The van der Waals surface area contributed by atoms with Gasteiger partial charge in [0.05, 0.1) is 10.2 Å². The predicted octanol–water partition coefficient (Wildman–Crippen LogP) is 3.00. The SMILES string of the molecule is O=C(C1CCN(c2ccccc2)C1=O)N1CCN(c2nc3ccccc3s2)CC1. The van der Waals surface area contributed by atoms with Crippen LogP contribution in [0.15, 0.2) is 54.6 Å². The van der Waals surface area contributed by atoms with E-state index in [0.717, 1.165) is 29.4 Å². The summed E-state index contributed by atoms with van der Waals surface area (Å²) in [5, 5.41) is 1.01. The smallest absolute Gasteiger partial charge is 0.239 e. The zero-order chi connectivity index (χ0) is 19.8. The van der Waals surface area contributed by atoms with E-state index in [1.807, 2.05) is 53.4 Å². The van der Waals surface area contributed by atoms with Crippen LogP contribution in [-0.4, -0.2) is 54.4 Å². The molecule has 0 aliphatic carbocycles. The molecule has 148 valence electrons. The van der Waals surface area contributed by atoms with Crippen LogP contribution in [0.3, 0.4) is 0 Å². The highest BCUT2D eigenvalue weighted by Gasteiger charge is 2.40. The fourth-order valence-electron chi connectivity index (χ4n) is 4.11. The number of carbonyl (C=O) groups is 2. The van der Waals surface area contributed by atoms with Crippen LogP contribution in [0.5, 0.6) is 0 Å². The average Bonchev–Trinajstić information content (AvgIpc) is 3.37. The van der Waals surface area contributed by atoms with Gasteiger partial charge in [-0.3, -0.25) is 9.59 Å². The van der Waals surface area contributed by atoms with Crippen LogP contribution in [0.1, 0.15) is 6.42 Å². The van der Waals surface area contributed by atoms with Crippen LogP contribution in [-0.2, 0) is 9.59 Å². The molecule has 0 bridgehead atoms. The molecule has 1 aromatic heterocycles. The number of aromatic nitrogens is 1. The van der Waals surface area contributed by atoms with E-state index in [0.29, 0.717) is 26.1 Å². The van der Waals surface area contributed by atoms with Gasteiger partial charge in [0, 0.05) is 38.4 Å². The van der Waals surface area contributed by atoms with E-state index in [4.69, 9.17) is 4.98 Å². The molecule has 1 unspecified atom stereocenters. The molecule has 5 rings (SSSR count). The molecule has 0 spiro atoms. The number of carbonyl (C=O) groups excluding carboxylic acids is 2. The van der Waals surface area contributed by atoms with Crippen molar-refractivity contribution in [3.8, 4) is 0 Å². The molecule has 0 saturated carbocycles. The minimum atomic E-state index is -0.552. The first-order valence-electron chi connectivity index (χ1n) is 9.96. The van der Waals surface area contributed by atoms with Crippen LogP contribution in [0.4, 0.5) is 10.8 Å². The molecular formula is C22H22N4O2S. The van der Waals surface area contributed by atoms with Gasteiger partial charge in [-0.1, -0.05) is 41.7 Å². The number of piperazine rings is 1. The molecule has 29 heavy (non-hydrogen) atoms. The zero-order valence-electron chi connectivity index (χ0n) is 16.0. The first kappa shape index (κ1) is 18.1. The number of anilines is 2. The summed E-state index contributed by atoms with van der Waals surface area (Å²) < 4.78 is 1.18. The summed E-state index contributed by atoms with van der Waals surface area (Å²) >= 11 is 1.69. The Kier molecular flexibility index (Phi) is 4.67. The molecule has 2 aliphatic heterocycles. The molecule has 1 atom stereocenters. The maximum atomic E-state index is 13.0. The van der Waals surface area contributed by atoms with Crippen LogP contribution in [0, 0.1) is 5.92 Å². The predicted molar refractivity (Wildman–Crippen MR) is 115 cm³/mol. The highest BCUT2D eigenvalue weighted by atomic mass is 32.1. The number of thiazole rings is 1. The molecule has 0 radical (unpaired) electrons. The van der Waals surface area contributed by atoms with Crippen LogP contribution in [0.2, 0.25) is 0 Å². The van der Waals surface area contributed by atoms with E-state index in [2.05, 4.69) is 11.0 Å². The van der Waals surface area contributed by atoms with Crippen molar-refractivity contribution in [3.63, 3.8) is 0 Å². The highest BCUT2D eigenvalue weighted by molar-refractivity contribution is 7.22. The Morgan fingerprint density at radius 2 is 1.66 bits per heavy atom. The van der Waals surface area contributed by atoms with E-state index in [-0.39, 0.29) is 11.8 Å². The zero-order valence-corrected chi connectivity index (χ0v) is 16.8. The molecule has 7 heteroatoms. The Balaban J connectivity index is 1.23. The van der Waals surface area contributed by atoms with Gasteiger partial charge in [0.1, 0.15) is 5.92 Å². The van der Waals surface area contributed by atoms with Gasteiger partial charge in [0.2, 0.25) is 11.8 Å². The second kappa shape index (κ2) is 7.48. The van der Waals surface area contributed by atoms with Gasteiger partial charge in [-0.25, -0.2) is 4.98 Å². The van der Waals surface area contributed by atoms with Crippen molar-refractivity contribution in [1.82, 2.24) is 9.88 Å². The molecular weight excluding hydrogens is 384 g/mol. The summed E-state index contributed by atoms with van der Waals surface area (Å²) in [5.41, 5.74) is 1.89. The van der Waals surface area contributed by atoms with Gasteiger partial charge < -0.3 is 14.7 Å². The third-order valence-corrected chi connectivity index (χ3v) is 6.81. The lowest BCUT2D eigenvalue weighted by molar-refractivity contribution is -0.140. The Morgan fingerprint density at radius 3 is 2.41 bits per heavy atom. The number of hydrogen-bond donors (Lipinski definition) is 0. The van der Waals surface area contributed by atoms with E-state index < -0.39 is 5.92 Å². The average molecular weight is 407 g/mol. The van der Waals surface area contributed by atoms with Gasteiger partial charge >= 0.3 is 0 Å². The third-order valence-electron chi connectivity index (χ3n) is 5.72. The number of hydrogen-bond acceptors (Lipinski definition) is 5. The standard InChI is InChI=1S/C22H22N4O2S/c27-20(17-10-11-26(21(17)28)16-6-2-1-3-7-16)24-12-14-25(15-13-24)22-23-18-8-4-5-9-19(18)29-22/h1-9,17H,10-15H2. The topological polar surface area (TPSA) is 56.8 Å². The molecule has 2 amide bonds. The lowest BCUT2D eigenvalue weighted by Crippen LogP contribution is -2.51. The molecule has 3 heterocycles. The van der Waals surface area contributed by atoms with Crippen molar-refractivity contribution in [2.24, 2.45) is 5.92 Å². The number of amides is 2. The number of benzene rings is 2. The van der Waals surface area contributed by atoms with Crippen molar-refractivity contribution in [2.45, 2.75) is 6.42 Å². The normalized spacial score (nSPS) is 19.9. The second-order valence-electron chi connectivity index (χ2n) is 7.44. The van der Waals surface area contributed by atoms with E-state index in [1.54, 1.807) is 16.2 Å². The molecule has 2 aromatic carbocycles. The Morgan fingerprint density at radius 1 is 0.931 bits per heavy atom. The summed E-state index contributed by atoms with van der Waals surface area (Å²) in [6, 6.07) is 17.7. The van der Waals surface area contributed by atoms with Gasteiger partial charge in [-0.15, -0.1) is 0 Å². The second-order valence-corrected chi connectivity index (χ2v) is 8.45. The quantitative estimate of drug-likeness (QED) is 0.628. The van der Waals surface area contributed by atoms with Crippen molar-refractivity contribution in [3.05, 3.63) is 54.6 Å². The van der Waals surface area contributed by atoms with E-state index >= 15 is 0 Å². The maximum Gasteiger partial charge on any atom is 0.239 e. The molecule has 2 saturated heterocycles. The van der Waals surface area contributed by atoms with Crippen LogP contribution in [0.25, 0.3) is 10.2 Å². The van der Waals surface area contributed by atoms with Crippen molar-refractivity contribution in [2.75, 3.05) is 42.5 Å². The number of nitrogens with zero attached hydrogens (tertiary/aromatic N) is 4. The molecule has 0 N–H and O–H groups in total. The third kappa shape index (κ3) is 3.35. The summed E-state index contributed by atoms with van der Waals surface area (Å²) in [5.74, 6) is -0.656. The highest BCUT2D eigenvalue weighted by Crippen LogP contribution is 2.30. The van der Waals surface area contributed by atoms with Gasteiger partial charge in [-0.05, 0) is 30.7 Å². The number of para-hydroxylation sites is 2. The van der Waals surface area contributed by atoms with E-state index in [1.165, 1.54) is 4.70 Å². The molecule has 2 aliphatic rings. The summed E-state index contributed by atoms with van der Waals surface area (Å²) in [6.07, 6.45) is 0.588. The first-order chi connectivity index (χ1) is 14.2. The fraction of sp³-hybridized carbons (Fsp3) is 0.318. The van der Waals surface area contributed by atoms with Gasteiger partial charge in [-0.2, -0.15) is 0 Å². The number of rotatable bonds is 3. The molecule has 2 fully saturated rings. The lowest BCUT2D eigenvalue weighted by Gasteiger charge is -2.35.